The molecule has 0 bridgehead atoms. The van der Waals surface area contributed by atoms with Gasteiger partial charge in [-0.1, -0.05) is 50.6 Å². The van der Waals surface area contributed by atoms with Crippen molar-refractivity contribution in [2.24, 2.45) is 11.1 Å². The van der Waals surface area contributed by atoms with E-state index >= 15 is 0 Å². The Bertz CT molecular complexity index is 426. The molecule has 0 aliphatic carbocycles. The number of amides is 1. The molecule has 0 saturated heterocycles. The molecule has 100 valence electrons. The Morgan fingerprint density at radius 1 is 1.33 bits per heavy atom. The minimum Gasteiger partial charge on any atom is -0.348 e. The maximum absolute atomic E-state index is 12.0. The van der Waals surface area contributed by atoms with E-state index in [1.807, 2.05) is 52.0 Å². The first-order chi connectivity index (χ1) is 8.23. The zero-order valence-electron chi connectivity index (χ0n) is 11.3. The second-order valence-corrected chi connectivity index (χ2v) is 6.00. The molecule has 0 saturated carbocycles. The number of nitrogens with one attached hydrogen (secondary N) is 1. The molecule has 2 atom stereocenters. The van der Waals surface area contributed by atoms with Gasteiger partial charge >= 0.3 is 0 Å². The summed E-state index contributed by atoms with van der Waals surface area (Å²) in [6.45, 7) is 7.72. The van der Waals surface area contributed by atoms with Gasteiger partial charge in [-0.05, 0) is 24.0 Å². The molecule has 1 rings (SSSR count). The van der Waals surface area contributed by atoms with Crippen LogP contribution >= 0.6 is 11.6 Å². The Labute approximate surface area is 114 Å². The Kier molecular flexibility index (Phi) is 4.77. The number of nitrogens with two attached hydrogens (primary N) is 1. The van der Waals surface area contributed by atoms with Crippen molar-refractivity contribution in [3.63, 3.8) is 0 Å². The molecule has 0 aromatic heterocycles. The average molecular weight is 269 g/mol. The highest BCUT2D eigenvalue weighted by Crippen LogP contribution is 2.23. The minimum absolute atomic E-state index is 0.153. The molecule has 4 heteroatoms. The van der Waals surface area contributed by atoms with Crippen LogP contribution < -0.4 is 11.1 Å². The van der Waals surface area contributed by atoms with E-state index in [-0.39, 0.29) is 17.4 Å². The SMILES string of the molecule is C[C@@H](NC(=O)C(N)C(C)(C)C)c1ccccc1Cl. The molecule has 0 radical (unpaired) electrons. The third kappa shape index (κ3) is 3.72. The second-order valence-electron chi connectivity index (χ2n) is 5.60. The van der Waals surface area contributed by atoms with Crippen LogP contribution in [-0.2, 0) is 4.79 Å². The van der Waals surface area contributed by atoms with Crippen LogP contribution in [0.1, 0.15) is 39.3 Å². The van der Waals surface area contributed by atoms with Crippen molar-refractivity contribution >= 4 is 17.5 Å². The summed E-state index contributed by atoms with van der Waals surface area (Å²) in [5, 5.41) is 3.54. The normalized spacial score (nSPS) is 15.0. The van der Waals surface area contributed by atoms with Crippen molar-refractivity contribution in [1.82, 2.24) is 5.32 Å². The van der Waals surface area contributed by atoms with Gasteiger partial charge in [-0.3, -0.25) is 4.79 Å². The number of hydrogen-bond donors (Lipinski definition) is 2. The molecular weight excluding hydrogens is 248 g/mol. The molecule has 3 nitrogen and oxygen atoms in total. The van der Waals surface area contributed by atoms with Gasteiger partial charge in [-0.15, -0.1) is 0 Å². The smallest absolute Gasteiger partial charge is 0.237 e. The van der Waals surface area contributed by atoms with Crippen LogP contribution in [-0.4, -0.2) is 11.9 Å². The summed E-state index contributed by atoms with van der Waals surface area (Å²) >= 11 is 6.09. The van der Waals surface area contributed by atoms with Crippen LogP contribution in [0, 0.1) is 5.41 Å². The summed E-state index contributed by atoms with van der Waals surface area (Å²) in [5.41, 5.74) is 6.55. The maximum Gasteiger partial charge on any atom is 0.237 e. The van der Waals surface area contributed by atoms with Crippen LogP contribution in [0.5, 0.6) is 0 Å². The number of carbonyl (C=O) groups is 1. The maximum atomic E-state index is 12.0. The van der Waals surface area contributed by atoms with Crippen molar-refractivity contribution in [3.8, 4) is 0 Å². The van der Waals surface area contributed by atoms with Crippen LogP contribution in [0.2, 0.25) is 5.02 Å². The van der Waals surface area contributed by atoms with Gasteiger partial charge in [-0.2, -0.15) is 0 Å². The summed E-state index contributed by atoms with van der Waals surface area (Å²) in [5.74, 6) is -0.157. The average Bonchev–Trinajstić information content (AvgIpc) is 2.27. The van der Waals surface area contributed by atoms with E-state index in [4.69, 9.17) is 17.3 Å². The molecule has 0 spiro atoms. The third-order valence-electron chi connectivity index (χ3n) is 2.95. The van der Waals surface area contributed by atoms with Crippen LogP contribution in [0.25, 0.3) is 0 Å². The van der Waals surface area contributed by atoms with Gasteiger partial charge in [-0.25, -0.2) is 0 Å². The quantitative estimate of drug-likeness (QED) is 0.886. The minimum atomic E-state index is -0.539. The predicted octanol–water partition coefficient (Wildman–Crippen LogP) is 2.89. The second kappa shape index (κ2) is 5.72. The van der Waals surface area contributed by atoms with Gasteiger partial charge in [0.25, 0.3) is 0 Å². The zero-order valence-corrected chi connectivity index (χ0v) is 12.1. The summed E-state index contributed by atoms with van der Waals surface area (Å²) in [6, 6.07) is 6.77. The first-order valence-electron chi connectivity index (χ1n) is 6.04. The molecule has 18 heavy (non-hydrogen) atoms. The third-order valence-corrected chi connectivity index (χ3v) is 3.29. The number of carbonyl (C=O) groups excluding carboxylic acids is 1. The Morgan fingerprint density at radius 2 is 1.89 bits per heavy atom. The van der Waals surface area contributed by atoms with Crippen LogP contribution in [0.4, 0.5) is 0 Å². The first-order valence-corrected chi connectivity index (χ1v) is 6.41. The number of halogens is 1. The van der Waals surface area contributed by atoms with E-state index in [0.29, 0.717) is 5.02 Å². The Morgan fingerprint density at radius 3 is 2.39 bits per heavy atom. The van der Waals surface area contributed by atoms with Crippen LogP contribution in [0.15, 0.2) is 24.3 Å². The van der Waals surface area contributed by atoms with Gasteiger partial charge < -0.3 is 11.1 Å². The summed E-state index contributed by atoms with van der Waals surface area (Å²) in [4.78, 5) is 12.0. The lowest BCUT2D eigenvalue weighted by molar-refractivity contribution is -0.125. The number of rotatable bonds is 3. The topological polar surface area (TPSA) is 55.1 Å². The van der Waals surface area contributed by atoms with E-state index < -0.39 is 6.04 Å². The lowest BCUT2D eigenvalue weighted by atomic mass is 9.86. The highest BCUT2D eigenvalue weighted by molar-refractivity contribution is 6.31. The van der Waals surface area contributed by atoms with Gasteiger partial charge in [0.2, 0.25) is 5.91 Å². The van der Waals surface area contributed by atoms with E-state index in [1.165, 1.54) is 0 Å². The fraction of sp³-hybridized carbons (Fsp3) is 0.500. The zero-order chi connectivity index (χ0) is 13.9. The molecule has 0 aliphatic rings. The molecule has 1 unspecified atom stereocenters. The van der Waals surface area contributed by atoms with E-state index in [1.54, 1.807) is 0 Å². The molecule has 0 fully saturated rings. The summed E-state index contributed by atoms with van der Waals surface area (Å²) < 4.78 is 0. The van der Waals surface area contributed by atoms with Gasteiger partial charge in [0.05, 0.1) is 12.1 Å². The van der Waals surface area contributed by atoms with Gasteiger partial charge in [0, 0.05) is 5.02 Å². The summed E-state index contributed by atoms with van der Waals surface area (Å²) in [7, 11) is 0. The molecule has 3 N–H and O–H groups in total. The summed E-state index contributed by atoms with van der Waals surface area (Å²) in [6.07, 6.45) is 0. The Hall–Kier alpha value is -1.06. The van der Waals surface area contributed by atoms with Crippen LogP contribution in [0.3, 0.4) is 0 Å². The first kappa shape index (κ1) is 15.0. The monoisotopic (exact) mass is 268 g/mol. The fourth-order valence-corrected chi connectivity index (χ4v) is 1.90. The van der Waals surface area contributed by atoms with E-state index in [9.17, 15) is 4.79 Å². The van der Waals surface area contributed by atoms with Crippen molar-refractivity contribution < 1.29 is 4.79 Å². The van der Waals surface area contributed by atoms with Gasteiger partial charge in [0.1, 0.15) is 0 Å². The fourth-order valence-electron chi connectivity index (χ4n) is 1.60. The molecular formula is C14H21ClN2O. The van der Waals surface area contributed by atoms with Crippen molar-refractivity contribution in [2.75, 3.05) is 0 Å². The highest BCUT2D eigenvalue weighted by Gasteiger charge is 2.28. The number of benzene rings is 1. The van der Waals surface area contributed by atoms with Crippen molar-refractivity contribution in [3.05, 3.63) is 34.9 Å². The molecule has 1 amide bonds. The highest BCUT2D eigenvalue weighted by atomic mass is 35.5. The standard InChI is InChI=1S/C14H21ClN2O/c1-9(10-7-5-6-8-11(10)15)17-13(18)12(16)14(2,3)4/h5-9,12H,16H2,1-4H3,(H,17,18)/t9-,12?/m1/s1. The lowest BCUT2D eigenvalue weighted by Gasteiger charge is -2.27. The largest absolute Gasteiger partial charge is 0.348 e. The van der Waals surface area contributed by atoms with Crippen molar-refractivity contribution in [1.29, 1.82) is 0 Å². The van der Waals surface area contributed by atoms with Crippen molar-refractivity contribution in [2.45, 2.75) is 39.8 Å². The lowest BCUT2D eigenvalue weighted by Crippen LogP contribution is -2.49. The van der Waals surface area contributed by atoms with E-state index in [0.717, 1.165) is 5.56 Å². The van der Waals surface area contributed by atoms with Gasteiger partial charge in [0.15, 0.2) is 0 Å². The Balaban J connectivity index is 2.75. The molecule has 0 heterocycles. The molecule has 1 aromatic rings. The molecule has 0 aliphatic heterocycles. The number of hydrogen-bond acceptors (Lipinski definition) is 2. The predicted molar refractivity (Wildman–Crippen MR) is 75.4 cm³/mol. The van der Waals surface area contributed by atoms with E-state index in [2.05, 4.69) is 5.32 Å². The molecule has 1 aromatic carbocycles.